The topological polar surface area (TPSA) is 247 Å². The molecule has 0 bridgehead atoms. The van der Waals surface area contributed by atoms with Crippen LogP contribution in [0.25, 0.3) is 10.4 Å². The maximum Gasteiger partial charge on any atom is 0.276 e. The van der Waals surface area contributed by atoms with Crippen molar-refractivity contribution in [1.29, 1.82) is 0 Å². The van der Waals surface area contributed by atoms with Crippen LogP contribution in [0.3, 0.4) is 0 Å². The van der Waals surface area contributed by atoms with Gasteiger partial charge in [0, 0.05) is 62.0 Å². The Labute approximate surface area is 457 Å². The van der Waals surface area contributed by atoms with Gasteiger partial charge in [-0.25, -0.2) is 9.37 Å². The number of fused-ring (bicyclic) bond motifs is 1. The minimum Gasteiger partial charge on any atom is -0.462 e. The normalized spacial score (nSPS) is 19.5. The van der Waals surface area contributed by atoms with Crippen LogP contribution in [0.4, 0.5) is 15.9 Å². The number of amides is 6. The Hall–Kier alpha value is -6.82. The van der Waals surface area contributed by atoms with Gasteiger partial charge in [-0.05, 0) is 73.7 Å². The molecule has 20 nitrogen and oxygen atoms in total. The number of aliphatic hydroxyl groups is 1. The summed E-state index contributed by atoms with van der Waals surface area (Å²) in [5, 5.41) is 29.8. The third-order valence-corrected chi connectivity index (χ3v) is 15.0. The Morgan fingerprint density at radius 3 is 2.29 bits per heavy atom. The van der Waals surface area contributed by atoms with Crippen molar-refractivity contribution in [2.24, 2.45) is 5.41 Å². The first kappa shape index (κ1) is 56.4. The van der Waals surface area contributed by atoms with Gasteiger partial charge in [-0.1, -0.05) is 68.2 Å². The van der Waals surface area contributed by atoms with Crippen LogP contribution in [-0.2, 0) is 35.2 Å². The highest BCUT2D eigenvalue weighted by Crippen LogP contribution is 2.42. The molecule has 24 heteroatoms. The summed E-state index contributed by atoms with van der Waals surface area (Å²) in [7, 11) is 0. The second-order valence-electron chi connectivity index (χ2n) is 20.1. The number of aliphatic hydroxyl groups excluding tert-OH is 1. The smallest absolute Gasteiger partial charge is 0.276 e. The maximum absolute atomic E-state index is 14.2. The largest absolute Gasteiger partial charge is 0.462 e. The molecule has 6 amide bonds. The van der Waals surface area contributed by atoms with Crippen molar-refractivity contribution in [3.05, 3.63) is 116 Å². The third-order valence-electron chi connectivity index (χ3n) is 13.3. The zero-order valence-electron chi connectivity index (χ0n) is 43.1. The van der Waals surface area contributed by atoms with Gasteiger partial charge in [-0.3, -0.25) is 28.8 Å². The highest BCUT2D eigenvalue weighted by atomic mass is 35.5. The predicted molar refractivity (Wildman–Crippen MR) is 285 cm³/mol. The Balaban J connectivity index is 0.741. The highest BCUT2D eigenvalue weighted by molar-refractivity contribution is 7.13. The average Bonchev–Trinajstić information content (AvgIpc) is 4.17. The molecule has 2 aromatic heterocycles. The lowest BCUT2D eigenvalue weighted by molar-refractivity contribution is -0.145. The summed E-state index contributed by atoms with van der Waals surface area (Å²) in [6, 6.07) is 15.3. The van der Waals surface area contributed by atoms with E-state index in [0.29, 0.717) is 11.3 Å². The summed E-state index contributed by atoms with van der Waals surface area (Å²) >= 11 is 13.9. The Morgan fingerprint density at radius 2 is 1.62 bits per heavy atom. The first-order valence-electron chi connectivity index (χ1n) is 24.8. The SMILES string of the molecule is Cc1ncsc1-c1ccc(CNC(=O)[C@@H]2C[C@@H](O)CN2C(=O)[C@@H](NC(=O)COCCOCC(=O)N2[C@H](C)CN(C(=O)c3ccc(NC(=O)c4cc5c(nn4)N[C@H](c4c(Cl)ccc(F)c4Cl)O5)cc3)C[C@@H]2C)C(C)(C)C)cc1. The molecule has 5 heterocycles. The second kappa shape index (κ2) is 24.2. The molecule has 0 spiro atoms. The first-order valence-corrected chi connectivity index (χ1v) is 26.5. The molecule has 0 radical (unpaired) electrons. The number of aryl methyl sites for hydroxylation is 1. The zero-order valence-corrected chi connectivity index (χ0v) is 45.4. The number of likely N-dealkylation sites (tertiary alicyclic amines) is 1. The number of halogens is 3. The number of β-amino-alcohol motifs (C(OH)–C–C–N with tert-alkyl or cyclic N) is 1. The molecule has 2 fully saturated rings. The van der Waals surface area contributed by atoms with E-state index in [1.54, 1.807) is 71.7 Å². The number of piperazine rings is 1. The number of rotatable bonds is 17. The number of aromatic nitrogens is 3. The Kier molecular flexibility index (Phi) is 17.8. The quantitative estimate of drug-likeness (QED) is 0.0529. The lowest BCUT2D eigenvalue weighted by Gasteiger charge is -2.44. The molecule has 5 aromatic rings. The molecule has 8 rings (SSSR count). The summed E-state index contributed by atoms with van der Waals surface area (Å²) in [6.07, 6.45) is -1.84. The maximum atomic E-state index is 14.2. The second-order valence-corrected chi connectivity index (χ2v) is 21.8. The number of ether oxygens (including phenoxy) is 3. The van der Waals surface area contributed by atoms with Crippen molar-refractivity contribution in [3.8, 4) is 16.2 Å². The van der Waals surface area contributed by atoms with Gasteiger partial charge in [0.05, 0.1) is 51.0 Å². The molecule has 77 heavy (non-hydrogen) atoms. The lowest BCUT2D eigenvalue weighted by Crippen LogP contribution is -2.60. The van der Waals surface area contributed by atoms with Gasteiger partial charge in [-0.15, -0.1) is 21.5 Å². The average molecular weight is 1120 g/mol. The lowest BCUT2D eigenvalue weighted by atomic mass is 9.85. The fraction of sp³-hybridized carbons (Fsp3) is 0.415. The fourth-order valence-corrected chi connectivity index (χ4v) is 10.8. The van der Waals surface area contributed by atoms with Crippen molar-refractivity contribution in [2.75, 3.05) is 56.7 Å². The van der Waals surface area contributed by atoms with Crippen molar-refractivity contribution >= 4 is 81.5 Å². The van der Waals surface area contributed by atoms with Crippen molar-refractivity contribution < 1.29 is 52.5 Å². The minimum absolute atomic E-state index is 0.00676. The van der Waals surface area contributed by atoms with Crippen LogP contribution in [0.1, 0.15) is 84.9 Å². The van der Waals surface area contributed by atoms with E-state index in [1.807, 2.05) is 45.0 Å². The van der Waals surface area contributed by atoms with E-state index in [2.05, 4.69) is 36.4 Å². The molecular formula is C53H59Cl2FN10O10S. The predicted octanol–water partition coefficient (Wildman–Crippen LogP) is 6.01. The van der Waals surface area contributed by atoms with Gasteiger partial charge in [0.1, 0.15) is 31.1 Å². The molecule has 0 aliphatic carbocycles. The summed E-state index contributed by atoms with van der Waals surface area (Å²) in [5.41, 5.74) is 4.70. The Bertz CT molecular complexity index is 3010. The number of hydrogen-bond donors (Lipinski definition) is 5. The number of thiazole rings is 1. The van der Waals surface area contributed by atoms with Gasteiger partial charge in [0.25, 0.3) is 11.8 Å². The monoisotopic (exact) mass is 1120 g/mol. The van der Waals surface area contributed by atoms with E-state index < -0.39 is 65.9 Å². The van der Waals surface area contributed by atoms with Crippen LogP contribution < -0.4 is 26.0 Å². The summed E-state index contributed by atoms with van der Waals surface area (Å²) in [5.74, 6) is -2.93. The molecule has 0 saturated carbocycles. The van der Waals surface area contributed by atoms with E-state index in [-0.39, 0.29) is 109 Å². The van der Waals surface area contributed by atoms with Gasteiger partial charge < -0.3 is 55.3 Å². The molecule has 5 N–H and O–H groups in total. The number of anilines is 2. The number of nitrogens with one attached hydrogen (secondary N) is 4. The fourth-order valence-electron chi connectivity index (χ4n) is 9.42. The van der Waals surface area contributed by atoms with E-state index in [1.165, 1.54) is 17.0 Å². The third kappa shape index (κ3) is 13.3. The van der Waals surface area contributed by atoms with Crippen LogP contribution in [0, 0.1) is 18.2 Å². The summed E-state index contributed by atoms with van der Waals surface area (Å²) in [4.78, 5) is 90.8. The van der Waals surface area contributed by atoms with Crippen LogP contribution in [0.2, 0.25) is 10.0 Å². The van der Waals surface area contributed by atoms with Crippen LogP contribution in [-0.4, -0.2) is 147 Å². The molecule has 0 unspecified atom stereocenters. The van der Waals surface area contributed by atoms with E-state index in [4.69, 9.17) is 37.4 Å². The van der Waals surface area contributed by atoms with E-state index >= 15 is 0 Å². The van der Waals surface area contributed by atoms with Crippen LogP contribution in [0.15, 0.2) is 72.2 Å². The van der Waals surface area contributed by atoms with Crippen molar-refractivity contribution in [1.82, 2.24) is 40.5 Å². The summed E-state index contributed by atoms with van der Waals surface area (Å²) < 4.78 is 31.2. The van der Waals surface area contributed by atoms with Gasteiger partial charge >= 0.3 is 0 Å². The Morgan fingerprint density at radius 1 is 0.935 bits per heavy atom. The number of hydrogen-bond acceptors (Lipinski definition) is 15. The number of carbonyl (C=O) groups excluding carboxylic acids is 6. The number of carbonyl (C=O) groups is 6. The molecule has 3 aliphatic heterocycles. The van der Waals surface area contributed by atoms with Crippen LogP contribution in [0.5, 0.6) is 5.75 Å². The minimum atomic E-state index is -1.04. The van der Waals surface area contributed by atoms with E-state index in [0.717, 1.165) is 27.8 Å². The molecule has 2 saturated heterocycles. The van der Waals surface area contributed by atoms with Gasteiger partial charge in [-0.2, -0.15) is 0 Å². The van der Waals surface area contributed by atoms with Crippen molar-refractivity contribution in [3.63, 3.8) is 0 Å². The standard InChI is InChI=1S/C53H59Cl2FN10O10S/c1-28-22-64(51(72)33-11-13-34(14-12-33)59-48(70)38-20-40-47(63-62-38)61-50(76-40)43-36(54)15-16-37(56)44(43)55)23-29(2)66(28)42(69)26-75-18-17-74-25-41(68)60-46(53(4,5)6)52(73)65-24-35(67)19-39(65)49(71)57-21-31-7-9-32(10-8-31)45-30(3)58-27-77-45/h7-16,20,27-29,35,39,46,50,67H,17-19,21-26H2,1-6H3,(H,57,71)(H,59,70)(H,60,68)(H,61,63)/t28-,29+,35-,39+,46-,50+/m1/s1. The zero-order chi connectivity index (χ0) is 55.3. The molecule has 408 valence electrons. The molecule has 3 aromatic carbocycles. The number of benzene rings is 3. The van der Waals surface area contributed by atoms with Gasteiger partial charge in [0.2, 0.25) is 29.9 Å². The molecular weight excluding hydrogens is 1060 g/mol. The van der Waals surface area contributed by atoms with E-state index in [9.17, 15) is 38.3 Å². The van der Waals surface area contributed by atoms with Gasteiger partial charge in [0.15, 0.2) is 17.3 Å². The molecule has 6 atom stereocenters. The first-order chi connectivity index (χ1) is 36.7. The molecule has 3 aliphatic rings. The summed E-state index contributed by atoms with van der Waals surface area (Å²) in [6.45, 7) is 11.0. The van der Waals surface area contributed by atoms with Crippen LogP contribution >= 0.6 is 34.5 Å². The van der Waals surface area contributed by atoms with Crippen molar-refractivity contribution in [2.45, 2.75) is 91.0 Å². The highest BCUT2D eigenvalue weighted by Gasteiger charge is 2.45. The number of nitrogens with zero attached hydrogens (tertiary/aromatic N) is 6.